The lowest BCUT2D eigenvalue weighted by Gasteiger charge is -2.48. The highest BCUT2D eigenvalue weighted by Crippen LogP contribution is 2.46. The minimum absolute atomic E-state index is 0.209. The number of imidazole rings is 1. The van der Waals surface area contributed by atoms with Gasteiger partial charge >= 0.3 is 0 Å². The minimum Gasteiger partial charge on any atom is -0.375 e. The molecule has 2 atom stereocenters. The highest BCUT2D eigenvalue weighted by molar-refractivity contribution is 5.05. The molecule has 1 aliphatic heterocycles. The summed E-state index contributed by atoms with van der Waals surface area (Å²) >= 11 is 0. The van der Waals surface area contributed by atoms with Gasteiger partial charge in [0.1, 0.15) is 5.82 Å². The lowest BCUT2D eigenvalue weighted by molar-refractivity contribution is -0.147. The third-order valence-corrected chi connectivity index (χ3v) is 5.02. The number of aromatic nitrogens is 2. The molecule has 1 N–H and O–H groups in total. The molecule has 1 aliphatic carbocycles. The van der Waals surface area contributed by atoms with Crippen molar-refractivity contribution in [1.29, 1.82) is 0 Å². The third-order valence-electron chi connectivity index (χ3n) is 5.02. The van der Waals surface area contributed by atoms with Crippen LogP contribution in [0.2, 0.25) is 0 Å². The Morgan fingerprint density at radius 2 is 2.40 bits per heavy atom. The Balaban J connectivity index is 1.76. The Kier molecular flexibility index (Phi) is 4.13. The SMILES string of the molecule is CCCNC(c1nccn1C)C1CCOC2(CCC2)C1. The molecule has 2 fully saturated rings. The Labute approximate surface area is 121 Å². The molecular formula is C16H27N3O. The molecule has 1 aromatic rings. The van der Waals surface area contributed by atoms with Crippen molar-refractivity contribution in [1.82, 2.24) is 14.9 Å². The maximum atomic E-state index is 6.08. The van der Waals surface area contributed by atoms with E-state index < -0.39 is 0 Å². The van der Waals surface area contributed by atoms with E-state index in [1.54, 1.807) is 0 Å². The molecule has 1 saturated heterocycles. The van der Waals surface area contributed by atoms with Gasteiger partial charge in [-0.05, 0) is 51.0 Å². The largest absolute Gasteiger partial charge is 0.375 e. The van der Waals surface area contributed by atoms with Crippen LogP contribution in [-0.2, 0) is 11.8 Å². The summed E-state index contributed by atoms with van der Waals surface area (Å²) in [6, 6.07) is 0.372. The average molecular weight is 277 g/mol. The van der Waals surface area contributed by atoms with Gasteiger partial charge in [-0.15, -0.1) is 0 Å². The molecule has 1 spiro atoms. The molecule has 20 heavy (non-hydrogen) atoms. The summed E-state index contributed by atoms with van der Waals surface area (Å²) in [6.45, 7) is 4.20. The summed E-state index contributed by atoms with van der Waals surface area (Å²) in [5, 5.41) is 3.73. The predicted molar refractivity (Wildman–Crippen MR) is 79.5 cm³/mol. The van der Waals surface area contributed by atoms with Crippen LogP contribution in [0.1, 0.15) is 57.3 Å². The Bertz CT molecular complexity index is 439. The van der Waals surface area contributed by atoms with E-state index in [1.165, 1.54) is 31.5 Å². The van der Waals surface area contributed by atoms with Crippen LogP contribution in [0.15, 0.2) is 12.4 Å². The number of rotatable bonds is 5. The molecule has 4 nitrogen and oxygen atoms in total. The van der Waals surface area contributed by atoms with Crippen LogP contribution >= 0.6 is 0 Å². The van der Waals surface area contributed by atoms with Gasteiger partial charge in [0.05, 0.1) is 11.6 Å². The van der Waals surface area contributed by atoms with E-state index in [4.69, 9.17) is 4.74 Å². The average Bonchev–Trinajstić information content (AvgIpc) is 2.84. The van der Waals surface area contributed by atoms with E-state index in [-0.39, 0.29) is 5.60 Å². The van der Waals surface area contributed by atoms with Crippen LogP contribution in [0, 0.1) is 5.92 Å². The Morgan fingerprint density at radius 3 is 3.00 bits per heavy atom. The first-order valence-corrected chi connectivity index (χ1v) is 8.09. The van der Waals surface area contributed by atoms with Crippen molar-refractivity contribution in [3.05, 3.63) is 18.2 Å². The van der Waals surface area contributed by atoms with Crippen molar-refractivity contribution in [2.75, 3.05) is 13.2 Å². The zero-order chi connectivity index (χ0) is 14.0. The van der Waals surface area contributed by atoms with Gasteiger partial charge in [-0.1, -0.05) is 6.92 Å². The summed E-state index contributed by atoms with van der Waals surface area (Å²) in [7, 11) is 2.10. The van der Waals surface area contributed by atoms with Crippen molar-refractivity contribution in [3.8, 4) is 0 Å². The summed E-state index contributed by atoms with van der Waals surface area (Å²) in [4.78, 5) is 4.60. The van der Waals surface area contributed by atoms with Gasteiger partial charge in [0.25, 0.3) is 0 Å². The van der Waals surface area contributed by atoms with Crippen molar-refractivity contribution in [2.45, 2.75) is 57.1 Å². The molecule has 1 aromatic heterocycles. The molecule has 0 aromatic carbocycles. The molecule has 2 aliphatic rings. The maximum absolute atomic E-state index is 6.08. The molecule has 0 amide bonds. The molecule has 112 valence electrons. The zero-order valence-corrected chi connectivity index (χ0v) is 12.8. The van der Waals surface area contributed by atoms with E-state index >= 15 is 0 Å². The number of aryl methyl sites for hydroxylation is 1. The topological polar surface area (TPSA) is 39.1 Å². The fraction of sp³-hybridized carbons (Fsp3) is 0.812. The van der Waals surface area contributed by atoms with Gasteiger partial charge in [0.2, 0.25) is 0 Å². The van der Waals surface area contributed by atoms with E-state index in [0.29, 0.717) is 12.0 Å². The van der Waals surface area contributed by atoms with Crippen LogP contribution in [0.25, 0.3) is 0 Å². The first-order valence-electron chi connectivity index (χ1n) is 8.09. The van der Waals surface area contributed by atoms with Gasteiger partial charge in [-0.25, -0.2) is 4.98 Å². The summed E-state index contributed by atoms with van der Waals surface area (Å²) in [6.07, 6.45) is 11.3. The molecule has 0 bridgehead atoms. The highest BCUT2D eigenvalue weighted by Gasteiger charge is 2.44. The quantitative estimate of drug-likeness (QED) is 0.899. The monoisotopic (exact) mass is 277 g/mol. The number of nitrogens with one attached hydrogen (secondary N) is 1. The number of hydrogen-bond acceptors (Lipinski definition) is 3. The molecular weight excluding hydrogens is 250 g/mol. The van der Waals surface area contributed by atoms with Gasteiger partial charge in [0, 0.05) is 26.0 Å². The van der Waals surface area contributed by atoms with Crippen molar-refractivity contribution >= 4 is 0 Å². The first-order chi connectivity index (χ1) is 9.74. The lowest BCUT2D eigenvalue weighted by Crippen LogP contribution is -2.48. The van der Waals surface area contributed by atoms with E-state index in [0.717, 1.165) is 26.0 Å². The molecule has 2 unspecified atom stereocenters. The highest BCUT2D eigenvalue weighted by atomic mass is 16.5. The standard InChI is InChI=1S/C16H27N3O/c1-3-8-17-14(15-18-9-10-19(15)2)13-5-11-20-16(12-13)6-4-7-16/h9-10,13-14,17H,3-8,11-12H2,1-2H3. The van der Waals surface area contributed by atoms with Crippen LogP contribution in [0.5, 0.6) is 0 Å². The van der Waals surface area contributed by atoms with Crippen LogP contribution in [0.3, 0.4) is 0 Å². The zero-order valence-electron chi connectivity index (χ0n) is 12.8. The fourth-order valence-corrected chi connectivity index (χ4v) is 3.72. The fourth-order valence-electron chi connectivity index (χ4n) is 3.72. The molecule has 2 heterocycles. The molecule has 1 saturated carbocycles. The minimum atomic E-state index is 0.209. The van der Waals surface area contributed by atoms with Crippen molar-refractivity contribution < 1.29 is 4.74 Å². The van der Waals surface area contributed by atoms with E-state index in [9.17, 15) is 0 Å². The second-order valence-corrected chi connectivity index (χ2v) is 6.47. The Hall–Kier alpha value is -0.870. The summed E-state index contributed by atoms with van der Waals surface area (Å²) < 4.78 is 8.24. The van der Waals surface area contributed by atoms with Gasteiger partial charge in [-0.2, -0.15) is 0 Å². The Morgan fingerprint density at radius 1 is 1.55 bits per heavy atom. The van der Waals surface area contributed by atoms with Gasteiger partial charge < -0.3 is 14.6 Å². The maximum Gasteiger partial charge on any atom is 0.125 e. The first kappa shape index (κ1) is 14.1. The van der Waals surface area contributed by atoms with Crippen LogP contribution in [0.4, 0.5) is 0 Å². The normalized spacial score (nSPS) is 26.4. The number of nitrogens with zero attached hydrogens (tertiary/aromatic N) is 2. The number of hydrogen-bond donors (Lipinski definition) is 1. The third kappa shape index (κ3) is 2.63. The molecule has 4 heteroatoms. The van der Waals surface area contributed by atoms with E-state index in [1.807, 2.05) is 6.20 Å². The van der Waals surface area contributed by atoms with Crippen molar-refractivity contribution in [2.24, 2.45) is 13.0 Å². The second-order valence-electron chi connectivity index (χ2n) is 6.47. The van der Waals surface area contributed by atoms with E-state index in [2.05, 4.69) is 35.0 Å². The molecule has 3 rings (SSSR count). The molecule has 0 radical (unpaired) electrons. The van der Waals surface area contributed by atoms with Crippen molar-refractivity contribution in [3.63, 3.8) is 0 Å². The summed E-state index contributed by atoms with van der Waals surface area (Å²) in [5.41, 5.74) is 0.209. The van der Waals surface area contributed by atoms with Gasteiger partial charge in [0.15, 0.2) is 0 Å². The predicted octanol–water partition coefficient (Wildman–Crippen LogP) is 2.81. The smallest absolute Gasteiger partial charge is 0.125 e. The summed E-state index contributed by atoms with van der Waals surface area (Å²) in [5.74, 6) is 1.83. The van der Waals surface area contributed by atoms with Gasteiger partial charge in [-0.3, -0.25) is 0 Å². The second kappa shape index (κ2) is 5.86. The van der Waals surface area contributed by atoms with Crippen LogP contribution < -0.4 is 5.32 Å². The lowest BCUT2D eigenvalue weighted by atomic mass is 9.70. The number of ether oxygens (including phenoxy) is 1. The van der Waals surface area contributed by atoms with Crippen LogP contribution in [-0.4, -0.2) is 28.3 Å².